The SMILES string of the molecule is CNC(C)CNC(=O)CSCc1nc2sc3c(c2c(=O)[nH]1)CCCC3.Cl. The average molecular weight is 417 g/mol. The number of nitrogens with one attached hydrogen (secondary N) is 3. The second-order valence-corrected chi connectivity index (χ2v) is 8.46. The highest BCUT2D eigenvalue weighted by Gasteiger charge is 2.19. The molecule has 6 nitrogen and oxygen atoms in total. The van der Waals surface area contributed by atoms with Gasteiger partial charge in [0, 0.05) is 17.5 Å². The second-order valence-electron chi connectivity index (χ2n) is 6.39. The molecule has 0 radical (unpaired) electrons. The van der Waals surface area contributed by atoms with Gasteiger partial charge in [-0.2, -0.15) is 0 Å². The lowest BCUT2D eigenvalue weighted by Crippen LogP contribution is -2.37. The van der Waals surface area contributed by atoms with Crippen LogP contribution < -0.4 is 16.2 Å². The minimum Gasteiger partial charge on any atom is -0.354 e. The van der Waals surface area contributed by atoms with Crippen molar-refractivity contribution in [2.45, 2.75) is 44.4 Å². The number of amides is 1. The van der Waals surface area contributed by atoms with Gasteiger partial charge in [0.2, 0.25) is 5.91 Å². The number of aromatic nitrogens is 2. The number of hydrogen-bond acceptors (Lipinski definition) is 6. The van der Waals surface area contributed by atoms with Crippen molar-refractivity contribution >= 4 is 51.6 Å². The van der Waals surface area contributed by atoms with Crippen molar-refractivity contribution < 1.29 is 4.79 Å². The number of hydrogen-bond donors (Lipinski definition) is 3. The molecule has 144 valence electrons. The Morgan fingerprint density at radius 3 is 2.92 bits per heavy atom. The Morgan fingerprint density at radius 2 is 2.15 bits per heavy atom. The van der Waals surface area contributed by atoms with Crippen molar-refractivity contribution in [2.24, 2.45) is 0 Å². The first-order chi connectivity index (χ1) is 12.1. The van der Waals surface area contributed by atoms with Gasteiger partial charge in [0.15, 0.2) is 0 Å². The van der Waals surface area contributed by atoms with E-state index in [1.54, 1.807) is 11.3 Å². The van der Waals surface area contributed by atoms with Crippen LogP contribution in [0.3, 0.4) is 0 Å². The summed E-state index contributed by atoms with van der Waals surface area (Å²) in [5.41, 5.74) is 1.17. The first-order valence-corrected chi connectivity index (χ1v) is 10.6. The maximum absolute atomic E-state index is 12.5. The fraction of sp³-hybridized carbons (Fsp3) is 0.588. The molecule has 0 saturated heterocycles. The number of carbonyl (C=O) groups excluding carboxylic acids is 1. The van der Waals surface area contributed by atoms with Crippen molar-refractivity contribution in [3.63, 3.8) is 0 Å². The molecule has 2 aromatic heterocycles. The molecule has 1 atom stereocenters. The first kappa shape index (κ1) is 21.2. The second kappa shape index (κ2) is 9.73. The van der Waals surface area contributed by atoms with Gasteiger partial charge in [-0.05, 0) is 45.2 Å². The highest BCUT2D eigenvalue weighted by Crippen LogP contribution is 2.33. The molecule has 2 aromatic rings. The maximum Gasteiger partial charge on any atom is 0.259 e. The van der Waals surface area contributed by atoms with E-state index in [2.05, 4.69) is 20.6 Å². The smallest absolute Gasteiger partial charge is 0.259 e. The number of thiophene rings is 1. The lowest BCUT2D eigenvalue weighted by molar-refractivity contribution is -0.118. The van der Waals surface area contributed by atoms with Crippen molar-refractivity contribution in [3.8, 4) is 0 Å². The molecule has 26 heavy (non-hydrogen) atoms. The monoisotopic (exact) mass is 416 g/mol. The molecular formula is C17H25ClN4O2S2. The van der Waals surface area contributed by atoms with Crippen LogP contribution in [0.5, 0.6) is 0 Å². The van der Waals surface area contributed by atoms with Crippen molar-refractivity contribution in [2.75, 3.05) is 19.3 Å². The van der Waals surface area contributed by atoms with Crippen LogP contribution in [0.4, 0.5) is 0 Å². The van der Waals surface area contributed by atoms with Crippen LogP contribution in [0.25, 0.3) is 10.2 Å². The van der Waals surface area contributed by atoms with E-state index >= 15 is 0 Å². The molecule has 0 aromatic carbocycles. The predicted octanol–water partition coefficient (Wildman–Crippen LogP) is 2.24. The third-order valence-electron chi connectivity index (χ3n) is 4.44. The van der Waals surface area contributed by atoms with E-state index < -0.39 is 0 Å². The number of aromatic amines is 1. The van der Waals surface area contributed by atoms with E-state index in [1.165, 1.54) is 28.6 Å². The number of carbonyl (C=O) groups is 1. The van der Waals surface area contributed by atoms with Crippen LogP contribution in [0, 0.1) is 0 Å². The van der Waals surface area contributed by atoms with E-state index in [1.807, 2.05) is 14.0 Å². The number of nitrogens with zero attached hydrogens (tertiary/aromatic N) is 1. The lowest BCUT2D eigenvalue weighted by atomic mass is 9.97. The Morgan fingerprint density at radius 1 is 1.38 bits per heavy atom. The van der Waals surface area contributed by atoms with E-state index in [4.69, 9.17) is 0 Å². The maximum atomic E-state index is 12.5. The summed E-state index contributed by atoms with van der Waals surface area (Å²) in [7, 11) is 1.87. The summed E-state index contributed by atoms with van der Waals surface area (Å²) in [6.45, 7) is 2.62. The topological polar surface area (TPSA) is 86.9 Å². The molecular weight excluding hydrogens is 392 g/mol. The Balaban J connectivity index is 0.00000243. The summed E-state index contributed by atoms with van der Waals surface area (Å²) >= 11 is 3.12. The number of halogens is 1. The minimum absolute atomic E-state index is 0. The largest absolute Gasteiger partial charge is 0.354 e. The van der Waals surface area contributed by atoms with Gasteiger partial charge < -0.3 is 15.6 Å². The fourth-order valence-corrected chi connectivity index (χ4v) is 4.94. The van der Waals surface area contributed by atoms with Crippen LogP contribution in [-0.4, -0.2) is 41.3 Å². The zero-order valence-corrected chi connectivity index (χ0v) is 17.5. The Kier molecular flexibility index (Phi) is 7.94. The van der Waals surface area contributed by atoms with Crippen molar-refractivity contribution in [1.82, 2.24) is 20.6 Å². The molecule has 1 aliphatic carbocycles. The predicted molar refractivity (Wildman–Crippen MR) is 112 cm³/mol. The molecule has 0 spiro atoms. The van der Waals surface area contributed by atoms with Crippen LogP contribution in [-0.2, 0) is 23.4 Å². The van der Waals surface area contributed by atoms with E-state index in [-0.39, 0.29) is 29.9 Å². The normalized spacial score (nSPS) is 14.5. The standard InChI is InChI=1S/C17H24N4O2S2.ClH/c1-10(18-2)7-19-14(22)9-24-8-13-20-16(23)15-11-5-3-4-6-12(11)25-17(15)21-13;/h10,18H,3-9H2,1-2H3,(H,19,22)(H,20,21,23);1H. The lowest BCUT2D eigenvalue weighted by Gasteiger charge is -2.11. The number of likely N-dealkylation sites (N-methyl/N-ethyl adjacent to an activating group) is 1. The fourth-order valence-electron chi connectivity index (χ4n) is 2.94. The summed E-state index contributed by atoms with van der Waals surface area (Å²) in [5.74, 6) is 1.54. The number of fused-ring (bicyclic) bond motifs is 3. The van der Waals surface area contributed by atoms with Gasteiger partial charge in [-0.15, -0.1) is 35.5 Å². The molecule has 0 aliphatic heterocycles. The average Bonchev–Trinajstić information content (AvgIpc) is 2.98. The molecule has 2 heterocycles. The highest BCUT2D eigenvalue weighted by atomic mass is 35.5. The van der Waals surface area contributed by atoms with Crippen LogP contribution in [0.1, 0.15) is 36.0 Å². The third-order valence-corrected chi connectivity index (χ3v) is 6.57. The molecule has 0 bridgehead atoms. The Hall–Kier alpha value is -1.09. The number of aryl methyl sites for hydroxylation is 2. The highest BCUT2D eigenvalue weighted by molar-refractivity contribution is 7.99. The molecule has 3 N–H and O–H groups in total. The molecule has 0 fully saturated rings. The first-order valence-electron chi connectivity index (χ1n) is 8.63. The van der Waals surface area contributed by atoms with E-state index in [0.717, 1.165) is 29.5 Å². The van der Waals surface area contributed by atoms with Gasteiger partial charge in [0.1, 0.15) is 10.7 Å². The van der Waals surface area contributed by atoms with Crippen LogP contribution in [0.15, 0.2) is 4.79 Å². The number of H-pyrrole nitrogens is 1. The van der Waals surface area contributed by atoms with E-state index in [0.29, 0.717) is 23.9 Å². The summed E-state index contributed by atoms with van der Waals surface area (Å²) in [4.78, 5) is 34.0. The quantitative estimate of drug-likeness (QED) is 0.644. The zero-order valence-electron chi connectivity index (χ0n) is 15.0. The van der Waals surface area contributed by atoms with Crippen molar-refractivity contribution in [1.29, 1.82) is 0 Å². The number of thioether (sulfide) groups is 1. The van der Waals surface area contributed by atoms with Gasteiger partial charge in [0.25, 0.3) is 5.56 Å². The van der Waals surface area contributed by atoms with Crippen LogP contribution in [0.2, 0.25) is 0 Å². The molecule has 0 saturated carbocycles. The van der Waals surface area contributed by atoms with Crippen LogP contribution >= 0.6 is 35.5 Å². The third kappa shape index (κ3) is 5.00. The number of rotatable bonds is 7. The molecule has 1 amide bonds. The summed E-state index contributed by atoms with van der Waals surface area (Å²) in [6.07, 6.45) is 4.39. The van der Waals surface area contributed by atoms with Gasteiger partial charge in [-0.25, -0.2) is 4.98 Å². The Bertz CT molecular complexity index is 821. The summed E-state index contributed by atoms with van der Waals surface area (Å²) in [5, 5.41) is 6.74. The minimum atomic E-state index is -0.0349. The molecule has 9 heteroatoms. The van der Waals surface area contributed by atoms with Gasteiger partial charge in [-0.3, -0.25) is 9.59 Å². The van der Waals surface area contributed by atoms with Crippen molar-refractivity contribution in [3.05, 3.63) is 26.6 Å². The van der Waals surface area contributed by atoms with Gasteiger partial charge in [-0.1, -0.05) is 0 Å². The molecule has 1 aliphatic rings. The van der Waals surface area contributed by atoms with Gasteiger partial charge in [0.05, 0.1) is 16.9 Å². The van der Waals surface area contributed by atoms with E-state index in [9.17, 15) is 9.59 Å². The molecule has 1 unspecified atom stereocenters. The summed E-state index contributed by atoms with van der Waals surface area (Å²) in [6, 6.07) is 0.249. The zero-order chi connectivity index (χ0) is 17.8. The van der Waals surface area contributed by atoms with Gasteiger partial charge >= 0.3 is 0 Å². The Labute approximate surface area is 167 Å². The summed E-state index contributed by atoms with van der Waals surface area (Å²) < 4.78 is 0. The molecule has 3 rings (SSSR count).